The van der Waals surface area contributed by atoms with E-state index in [1.807, 2.05) is 0 Å². The van der Waals surface area contributed by atoms with E-state index in [2.05, 4.69) is 20.9 Å². The molecule has 1 aromatic heterocycles. The molecular formula is C12H13BrN2O3S. The third-order valence-corrected chi connectivity index (χ3v) is 4.59. The fraction of sp³-hybridized carbons (Fsp3) is 0.417. The predicted molar refractivity (Wildman–Crippen MR) is 76.3 cm³/mol. The number of hydrogen-bond acceptors (Lipinski definition) is 4. The van der Waals surface area contributed by atoms with Gasteiger partial charge in [-0.3, -0.25) is 9.59 Å². The fourth-order valence-corrected chi connectivity index (χ4v) is 3.46. The van der Waals surface area contributed by atoms with Gasteiger partial charge in [0.1, 0.15) is 5.69 Å². The maximum Gasteiger partial charge on any atom is 0.305 e. The Bertz CT molecular complexity index is 498. The topological polar surface area (TPSA) is 70.5 Å². The first kappa shape index (κ1) is 14.3. The first-order valence-electron chi connectivity index (χ1n) is 5.80. The highest BCUT2D eigenvalue weighted by Crippen LogP contribution is 2.23. The number of carbonyl (C=O) groups excluding carboxylic acids is 1. The number of carboxylic acids is 1. The van der Waals surface area contributed by atoms with Gasteiger partial charge < -0.3 is 10.0 Å². The second-order valence-corrected chi connectivity index (χ2v) is 6.16. The number of rotatable bonds is 3. The van der Waals surface area contributed by atoms with Crippen molar-refractivity contribution in [3.63, 3.8) is 0 Å². The summed E-state index contributed by atoms with van der Waals surface area (Å²) in [5.74, 6) is 0.388. The molecule has 1 aliphatic heterocycles. The van der Waals surface area contributed by atoms with E-state index < -0.39 is 5.97 Å². The molecular weight excluding hydrogens is 332 g/mol. The van der Waals surface area contributed by atoms with Gasteiger partial charge in [0, 0.05) is 28.7 Å². The highest BCUT2D eigenvalue weighted by molar-refractivity contribution is 9.10. The smallest absolute Gasteiger partial charge is 0.305 e. The van der Waals surface area contributed by atoms with Crippen molar-refractivity contribution in [2.24, 2.45) is 0 Å². The molecule has 1 aromatic rings. The molecule has 5 nitrogen and oxygen atoms in total. The molecule has 1 N–H and O–H groups in total. The maximum atomic E-state index is 12.4. The van der Waals surface area contributed by atoms with E-state index in [1.54, 1.807) is 35.0 Å². The largest absolute Gasteiger partial charge is 0.481 e. The molecule has 1 aliphatic rings. The van der Waals surface area contributed by atoms with Crippen LogP contribution in [0.4, 0.5) is 0 Å². The van der Waals surface area contributed by atoms with Crippen LogP contribution in [0.3, 0.4) is 0 Å². The molecule has 0 aromatic carbocycles. The molecule has 2 heterocycles. The summed E-state index contributed by atoms with van der Waals surface area (Å²) < 4.78 is 0.632. The van der Waals surface area contributed by atoms with Crippen LogP contribution in [0.5, 0.6) is 0 Å². The Morgan fingerprint density at radius 3 is 3.05 bits per heavy atom. The van der Waals surface area contributed by atoms with E-state index in [0.29, 0.717) is 22.5 Å². The highest BCUT2D eigenvalue weighted by Gasteiger charge is 2.30. The van der Waals surface area contributed by atoms with Crippen LogP contribution in [0, 0.1) is 0 Å². The van der Waals surface area contributed by atoms with E-state index in [1.165, 1.54) is 0 Å². The number of halogens is 1. The van der Waals surface area contributed by atoms with Crippen molar-refractivity contribution in [2.45, 2.75) is 12.5 Å². The minimum Gasteiger partial charge on any atom is -0.481 e. The Kier molecular flexibility index (Phi) is 4.81. The van der Waals surface area contributed by atoms with Gasteiger partial charge >= 0.3 is 5.97 Å². The van der Waals surface area contributed by atoms with E-state index in [4.69, 9.17) is 5.11 Å². The van der Waals surface area contributed by atoms with Gasteiger partial charge in [-0.15, -0.1) is 0 Å². The lowest BCUT2D eigenvalue weighted by Gasteiger charge is -2.34. The van der Waals surface area contributed by atoms with Gasteiger partial charge in [0.25, 0.3) is 5.91 Å². The van der Waals surface area contributed by atoms with Crippen LogP contribution < -0.4 is 0 Å². The van der Waals surface area contributed by atoms with Crippen molar-refractivity contribution in [1.82, 2.24) is 9.88 Å². The van der Waals surface area contributed by atoms with Crippen LogP contribution in [0.25, 0.3) is 0 Å². The third kappa shape index (κ3) is 3.48. The Morgan fingerprint density at radius 2 is 2.37 bits per heavy atom. The normalized spacial score (nSPS) is 19.2. The van der Waals surface area contributed by atoms with Crippen LogP contribution in [0.15, 0.2) is 22.8 Å². The van der Waals surface area contributed by atoms with Crippen molar-refractivity contribution < 1.29 is 14.7 Å². The number of aromatic nitrogens is 1. The lowest BCUT2D eigenvalue weighted by Crippen LogP contribution is -2.47. The number of carbonyl (C=O) groups is 2. The van der Waals surface area contributed by atoms with E-state index in [0.717, 1.165) is 5.75 Å². The molecule has 0 bridgehead atoms. The number of amides is 1. The first-order valence-corrected chi connectivity index (χ1v) is 7.75. The van der Waals surface area contributed by atoms with Crippen molar-refractivity contribution in [1.29, 1.82) is 0 Å². The Hall–Kier alpha value is -1.08. The maximum absolute atomic E-state index is 12.4. The van der Waals surface area contributed by atoms with E-state index in [9.17, 15) is 9.59 Å². The molecule has 7 heteroatoms. The Morgan fingerprint density at radius 1 is 1.58 bits per heavy atom. The molecule has 0 radical (unpaired) electrons. The number of pyridine rings is 1. The van der Waals surface area contributed by atoms with Gasteiger partial charge in [0.2, 0.25) is 0 Å². The van der Waals surface area contributed by atoms with Gasteiger partial charge in [0.05, 0.1) is 12.5 Å². The van der Waals surface area contributed by atoms with Crippen molar-refractivity contribution in [2.75, 3.05) is 18.1 Å². The van der Waals surface area contributed by atoms with Gasteiger partial charge in [0.15, 0.2) is 0 Å². The minimum absolute atomic E-state index is 0.0246. The fourth-order valence-electron chi connectivity index (χ4n) is 1.97. The van der Waals surface area contributed by atoms with Gasteiger partial charge in [-0.25, -0.2) is 4.98 Å². The van der Waals surface area contributed by atoms with Crippen LogP contribution in [-0.4, -0.2) is 51.0 Å². The SMILES string of the molecule is O=C(O)CC1CSCCN1C(=O)c1ncccc1Br. The number of aliphatic carboxylic acids is 1. The molecule has 1 atom stereocenters. The van der Waals surface area contributed by atoms with Gasteiger partial charge in [-0.05, 0) is 28.1 Å². The van der Waals surface area contributed by atoms with E-state index in [-0.39, 0.29) is 18.4 Å². The lowest BCUT2D eigenvalue weighted by molar-refractivity contribution is -0.138. The second kappa shape index (κ2) is 6.38. The van der Waals surface area contributed by atoms with E-state index >= 15 is 0 Å². The van der Waals surface area contributed by atoms with Gasteiger partial charge in [-0.2, -0.15) is 11.8 Å². The molecule has 0 saturated carbocycles. The number of hydrogen-bond donors (Lipinski definition) is 1. The summed E-state index contributed by atoms with van der Waals surface area (Å²) in [6, 6.07) is 3.23. The molecule has 1 fully saturated rings. The number of thioether (sulfide) groups is 1. The number of carboxylic acid groups (broad SMARTS) is 1. The summed E-state index contributed by atoms with van der Waals surface area (Å²) in [6.07, 6.45) is 1.53. The molecule has 19 heavy (non-hydrogen) atoms. The van der Waals surface area contributed by atoms with Crippen molar-refractivity contribution in [3.8, 4) is 0 Å². The van der Waals surface area contributed by atoms with Gasteiger partial charge in [-0.1, -0.05) is 0 Å². The Balaban J connectivity index is 2.20. The van der Waals surface area contributed by atoms with Crippen LogP contribution in [0.2, 0.25) is 0 Å². The summed E-state index contributed by atoms with van der Waals surface area (Å²) in [7, 11) is 0. The minimum atomic E-state index is -0.884. The molecule has 2 rings (SSSR count). The summed E-state index contributed by atoms with van der Waals surface area (Å²) >= 11 is 4.98. The molecule has 1 amide bonds. The van der Waals surface area contributed by atoms with Crippen LogP contribution >= 0.6 is 27.7 Å². The summed E-state index contributed by atoms with van der Waals surface area (Å²) in [6.45, 7) is 0.560. The number of nitrogens with zero attached hydrogens (tertiary/aromatic N) is 2. The van der Waals surface area contributed by atoms with Crippen molar-refractivity contribution >= 4 is 39.6 Å². The molecule has 1 unspecified atom stereocenters. The average molecular weight is 345 g/mol. The molecule has 102 valence electrons. The molecule has 0 spiro atoms. The summed E-state index contributed by atoms with van der Waals surface area (Å²) in [4.78, 5) is 29.0. The predicted octanol–water partition coefficient (Wildman–Crippen LogP) is 1.88. The second-order valence-electron chi connectivity index (χ2n) is 4.16. The van der Waals surface area contributed by atoms with Crippen LogP contribution in [-0.2, 0) is 4.79 Å². The summed E-state index contributed by atoms with van der Waals surface area (Å²) in [5.41, 5.74) is 0.338. The van der Waals surface area contributed by atoms with Crippen LogP contribution in [0.1, 0.15) is 16.9 Å². The molecule has 0 aliphatic carbocycles. The quantitative estimate of drug-likeness (QED) is 0.906. The Labute approximate surface area is 123 Å². The zero-order valence-corrected chi connectivity index (χ0v) is 12.5. The first-order chi connectivity index (χ1) is 9.09. The molecule has 1 saturated heterocycles. The summed E-state index contributed by atoms with van der Waals surface area (Å²) in [5, 5.41) is 8.92. The third-order valence-electron chi connectivity index (χ3n) is 2.86. The average Bonchev–Trinajstić information content (AvgIpc) is 2.38. The standard InChI is InChI=1S/C12H13BrN2O3S/c13-9-2-1-3-14-11(9)12(18)15-4-5-19-7-8(15)6-10(16)17/h1-3,8H,4-7H2,(H,16,17). The monoisotopic (exact) mass is 344 g/mol. The zero-order valence-electron chi connectivity index (χ0n) is 10.1. The van der Waals surface area contributed by atoms with Crippen molar-refractivity contribution in [3.05, 3.63) is 28.5 Å². The highest BCUT2D eigenvalue weighted by atomic mass is 79.9. The lowest BCUT2D eigenvalue weighted by atomic mass is 10.1. The zero-order chi connectivity index (χ0) is 13.8.